The van der Waals surface area contributed by atoms with Crippen LogP contribution >= 0.6 is 15.9 Å². The molecular formula is C16H21BrN2O3. The summed E-state index contributed by atoms with van der Waals surface area (Å²) >= 11 is 3.42. The molecule has 1 fully saturated rings. The van der Waals surface area contributed by atoms with Gasteiger partial charge in [-0.2, -0.15) is 0 Å². The fourth-order valence-electron chi connectivity index (χ4n) is 2.47. The summed E-state index contributed by atoms with van der Waals surface area (Å²) in [6.07, 6.45) is 1.58. The van der Waals surface area contributed by atoms with Gasteiger partial charge in [0.1, 0.15) is 5.75 Å². The molecule has 2 amide bonds. The lowest BCUT2D eigenvalue weighted by molar-refractivity contribution is -0.130. The van der Waals surface area contributed by atoms with Crippen LogP contribution in [0.2, 0.25) is 0 Å². The van der Waals surface area contributed by atoms with Crippen LogP contribution in [0.15, 0.2) is 22.7 Å². The quantitative estimate of drug-likeness (QED) is 0.886. The number of likely N-dealkylation sites (tertiary alicyclic amines) is 1. The third-order valence-corrected chi connectivity index (χ3v) is 4.37. The van der Waals surface area contributed by atoms with Gasteiger partial charge in [0.25, 0.3) is 5.91 Å². The maximum Gasteiger partial charge on any atom is 0.258 e. The number of ether oxygens (including phenoxy) is 1. The lowest BCUT2D eigenvalue weighted by atomic mass is 10.1. The van der Waals surface area contributed by atoms with E-state index in [4.69, 9.17) is 4.74 Å². The van der Waals surface area contributed by atoms with Gasteiger partial charge in [0.2, 0.25) is 5.91 Å². The van der Waals surface area contributed by atoms with Crippen molar-refractivity contribution in [1.82, 2.24) is 10.2 Å². The van der Waals surface area contributed by atoms with Gasteiger partial charge < -0.3 is 15.0 Å². The molecule has 0 aromatic heterocycles. The van der Waals surface area contributed by atoms with Crippen LogP contribution in [0.4, 0.5) is 0 Å². The molecule has 1 aliphatic rings. The number of nitrogens with one attached hydrogen (secondary N) is 1. The Labute approximate surface area is 139 Å². The fourth-order valence-corrected chi connectivity index (χ4v) is 3.08. The first-order valence-corrected chi connectivity index (χ1v) is 8.19. The van der Waals surface area contributed by atoms with E-state index in [-0.39, 0.29) is 24.5 Å². The average Bonchev–Trinajstić information content (AvgIpc) is 2.47. The number of amides is 2. The lowest BCUT2D eigenvalue weighted by Crippen LogP contribution is -2.47. The number of hydrogen-bond acceptors (Lipinski definition) is 3. The fraction of sp³-hybridized carbons (Fsp3) is 0.500. The number of aryl methyl sites for hydroxylation is 1. The van der Waals surface area contributed by atoms with Crippen molar-refractivity contribution in [3.63, 3.8) is 0 Å². The molecular weight excluding hydrogens is 348 g/mol. The average molecular weight is 369 g/mol. The number of benzene rings is 1. The maximum atomic E-state index is 11.9. The van der Waals surface area contributed by atoms with E-state index < -0.39 is 0 Å². The first-order chi connectivity index (χ1) is 10.5. The van der Waals surface area contributed by atoms with Crippen molar-refractivity contribution in [2.75, 3.05) is 19.7 Å². The standard InChI is InChI=1S/C16H21BrN2O3/c1-11-3-4-15(14(17)9-11)22-10-16(21)18-13-5-7-19(8-6-13)12(2)20/h3-4,9,13H,5-8,10H2,1-2H3,(H,18,21). The highest BCUT2D eigenvalue weighted by Crippen LogP contribution is 2.25. The molecule has 0 aliphatic carbocycles. The monoisotopic (exact) mass is 368 g/mol. The second-order valence-electron chi connectivity index (χ2n) is 5.57. The number of rotatable bonds is 4. The van der Waals surface area contributed by atoms with E-state index in [9.17, 15) is 9.59 Å². The van der Waals surface area contributed by atoms with Crippen LogP contribution in [0.5, 0.6) is 5.75 Å². The topological polar surface area (TPSA) is 58.6 Å². The van der Waals surface area contributed by atoms with E-state index in [0.29, 0.717) is 18.8 Å². The summed E-state index contributed by atoms with van der Waals surface area (Å²) in [7, 11) is 0. The van der Waals surface area contributed by atoms with Crippen LogP contribution < -0.4 is 10.1 Å². The minimum atomic E-state index is -0.131. The molecule has 6 heteroatoms. The highest BCUT2D eigenvalue weighted by molar-refractivity contribution is 9.10. The number of carbonyl (C=O) groups excluding carboxylic acids is 2. The van der Waals surface area contributed by atoms with E-state index in [2.05, 4.69) is 21.2 Å². The second-order valence-corrected chi connectivity index (χ2v) is 6.42. The predicted molar refractivity (Wildman–Crippen MR) is 87.8 cm³/mol. The molecule has 2 rings (SSSR count). The van der Waals surface area contributed by atoms with Crippen LogP contribution in [0, 0.1) is 6.92 Å². The van der Waals surface area contributed by atoms with Crippen molar-refractivity contribution in [2.24, 2.45) is 0 Å². The molecule has 1 aromatic rings. The Hall–Kier alpha value is -1.56. The smallest absolute Gasteiger partial charge is 0.258 e. The minimum absolute atomic E-state index is 0.00537. The zero-order valence-corrected chi connectivity index (χ0v) is 14.5. The third kappa shape index (κ3) is 4.73. The number of nitrogens with zero attached hydrogens (tertiary/aromatic N) is 1. The largest absolute Gasteiger partial charge is 0.483 e. The van der Waals surface area contributed by atoms with Crippen LogP contribution in [0.3, 0.4) is 0 Å². The minimum Gasteiger partial charge on any atom is -0.483 e. The summed E-state index contributed by atoms with van der Waals surface area (Å²) in [5, 5.41) is 2.96. The SMILES string of the molecule is CC(=O)N1CCC(NC(=O)COc2ccc(C)cc2Br)CC1. The van der Waals surface area contributed by atoms with Gasteiger partial charge in [-0.3, -0.25) is 9.59 Å². The van der Waals surface area contributed by atoms with Crippen molar-refractivity contribution < 1.29 is 14.3 Å². The summed E-state index contributed by atoms with van der Waals surface area (Å²) in [4.78, 5) is 25.0. The van der Waals surface area contributed by atoms with E-state index in [1.165, 1.54) is 0 Å². The van der Waals surface area contributed by atoms with Crippen LogP contribution in [-0.2, 0) is 9.59 Å². The van der Waals surface area contributed by atoms with E-state index >= 15 is 0 Å². The Morgan fingerprint density at radius 2 is 2.05 bits per heavy atom. The molecule has 0 bridgehead atoms. The first-order valence-electron chi connectivity index (χ1n) is 7.39. The third-order valence-electron chi connectivity index (χ3n) is 3.75. The Kier molecular flexibility index (Phi) is 5.83. The molecule has 120 valence electrons. The van der Waals surface area contributed by atoms with Crippen LogP contribution in [0.25, 0.3) is 0 Å². The van der Waals surface area contributed by atoms with Crippen LogP contribution in [0.1, 0.15) is 25.3 Å². The van der Waals surface area contributed by atoms with Crippen molar-refractivity contribution in [1.29, 1.82) is 0 Å². The van der Waals surface area contributed by atoms with Gasteiger partial charge in [-0.15, -0.1) is 0 Å². The van der Waals surface area contributed by atoms with Gasteiger partial charge in [0.15, 0.2) is 6.61 Å². The molecule has 0 unspecified atom stereocenters. The first kappa shape index (κ1) is 16.8. The second kappa shape index (κ2) is 7.63. The molecule has 0 atom stereocenters. The van der Waals surface area contributed by atoms with Gasteiger partial charge in [0.05, 0.1) is 4.47 Å². The van der Waals surface area contributed by atoms with Crippen molar-refractivity contribution in [3.05, 3.63) is 28.2 Å². The number of hydrogen-bond donors (Lipinski definition) is 1. The van der Waals surface area contributed by atoms with Crippen molar-refractivity contribution in [3.8, 4) is 5.75 Å². The van der Waals surface area contributed by atoms with Gasteiger partial charge in [-0.25, -0.2) is 0 Å². The maximum absolute atomic E-state index is 11.9. The Morgan fingerprint density at radius 3 is 2.64 bits per heavy atom. The molecule has 1 heterocycles. The lowest BCUT2D eigenvalue weighted by Gasteiger charge is -2.31. The van der Waals surface area contributed by atoms with E-state index in [0.717, 1.165) is 22.9 Å². The number of carbonyl (C=O) groups is 2. The van der Waals surface area contributed by atoms with Gasteiger partial charge in [-0.05, 0) is 53.4 Å². The molecule has 1 N–H and O–H groups in total. The van der Waals surface area contributed by atoms with E-state index in [1.54, 1.807) is 6.92 Å². The molecule has 22 heavy (non-hydrogen) atoms. The zero-order valence-electron chi connectivity index (χ0n) is 12.9. The van der Waals surface area contributed by atoms with Crippen molar-refractivity contribution in [2.45, 2.75) is 32.7 Å². The molecule has 5 nitrogen and oxygen atoms in total. The summed E-state index contributed by atoms with van der Waals surface area (Å²) in [6, 6.07) is 5.85. The Morgan fingerprint density at radius 1 is 1.36 bits per heavy atom. The van der Waals surface area contributed by atoms with Gasteiger partial charge >= 0.3 is 0 Å². The van der Waals surface area contributed by atoms with Crippen molar-refractivity contribution >= 4 is 27.7 Å². The van der Waals surface area contributed by atoms with Crippen LogP contribution in [-0.4, -0.2) is 42.5 Å². The summed E-state index contributed by atoms with van der Waals surface area (Å²) < 4.78 is 6.37. The summed E-state index contributed by atoms with van der Waals surface area (Å²) in [5.74, 6) is 0.623. The number of piperidine rings is 1. The van der Waals surface area contributed by atoms with E-state index in [1.807, 2.05) is 30.0 Å². The molecule has 1 aliphatic heterocycles. The zero-order chi connectivity index (χ0) is 16.1. The summed E-state index contributed by atoms with van der Waals surface area (Å²) in [6.45, 7) is 4.96. The van der Waals surface area contributed by atoms with Gasteiger partial charge in [-0.1, -0.05) is 6.07 Å². The highest BCUT2D eigenvalue weighted by Gasteiger charge is 2.22. The molecule has 1 aromatic carbocycles. The molecule has 0 radical (unpaired) electrons. The highest BCUT2D eigenvalue weighted by atomic mass is 79.9. The van der Waals surface area contributed by atoms with Gasteiger partial charge in [0, 0.05) is 26.1 Å². The summed E-state index contributed by atoms with van der Waals surface area (Å²) in [5.41, 5.74) is 1.13. The molecule has 0 saturated carbocycles. The molecule has 0 spiro atoms. The number of halogens is 1. The normalized spacial score (nSPS) is 15.5. The Balaban J connectivity index is 1.75. The molecule has 1 saturated heterocycles. The predicted octanol–water partition coefficient (Wildman–Crippen LogP) is 2.26. The Bertz CT molecular complexity index is 554.